The molecule has 0 atom stereocenters. The summed E-state index contributed by atoms with van der Waals surface area (Å²) < 4.78 is 1.83. The Morgan fingerprint density at radius 1 is 1.08 bits per heavy atom. The number of anilines is 1. The molecule has 2 N–H and O–H groups in total. The fourth-order valence-corrected chi connectivity index (χ4v) is 2.79. The second-order valence-corrected chi connectivity index (χ2v) is 5.96. The summed E-state index contributed by atoms with van der Waals surface area (Å²) >= 11 is 5.84. The van der Waals surface area contributed by atoms with Crippen molar-refractivity contribution < 1.29 is 9.31 Å². The van der Waals surface area contributed by atoms with Crippen LogP contribution in [0.15, 0.2) is 73.1 Å². The summed E-state index contributed by atoms with van der Waals surface area (Å²) in [6, 6.07) is 19.1. The molecule has 0 spiro atoms. The van der Waals surface area contributed by atoms with Crippen LogP contribution in [0.1, 0.15) is 10.4 Å². The molecular formula is C19H14ClN4O+. The monoisotopic (exact) mass is 349 g/mol. The van der Waals surface area contributed by atoms with Crippen LogP contribution in [0.2, 0.25) is 5.15 Å². The molecule has 0 aliphatic rings. The third-order valence-electron chi connectivity index (χ3n) is 3.84. The summed E-state index contributed by atoms with van der Waals surface area (Å²) in [5.74, 6) is -0.215. The quantitative estimate of drug-likeness (QED) is 0.437. The first-order chi connectivity index (χ1) is 12.2. The van der Waals surface area contributed by atoms with E-state index >= 15 is 0 Å². The summed E-state index contributed by atoms with van der Waals surface area (Å²) in [6.07, 6.45) is 3.31. The van der Waals surface area contributed by atoms with Crippen LogP contribution in [-0.4, -0.2) is 16.0 Å². The molecule has 1 aromatic carbocycles. The summed E-state index contributed by atoms with van der Waals surface area (Å²) in [5.41, 5.74) is 4.18. The summed E-state index contributed by atoms with van der Waals surface area (Å²) in [4.78, 5) is 16.3. The first-order valence-electron chi connectivity index (χ1n) is 7.72. The Kier molecular flexibility index (Phi) is 3.91. The van der Waals surface area contributed by atoms with Gasteiger partial charge in [-0.05, 0) is 18.2 Å². The second kappa shape index (κ2) is 6.37. The Morgan fingerprint density at radius 3 is 2.72 bits per heavy atom. The molecule has 4 aromatic rings. The zero-order valence-electron chi connectivity index (χ0n) is 13.1. The molecule has 122 valence electrons. The number of carbonyl (C=O) groups is 1. The molecule has 0 aliphatic heterocycles. The Balaban J connectivity index is 1.63. The number of carbonyl (C=O) groups excluding carboxylic acids is 1. The van der Waals surface area contributed by atoms with Crippen LogP contribution in [0, 0.1) is 0 Å². The lowest BCUT2D eigenvalue weighted by Gasteiger charge is -2.03. The molecule has 1 amide bonds. The molecule has 0 aliphatic carbocycles. The third kappa shape index (κ3) is 3.22. The maximum atomic E-state index is 12.4. The molecule has 0 bridgehead atoms. The summed E-state index contributed by atoms with van der Waals surface area (Å²) in [6.45, 7) is 0. The van der Waals surface area contributed by atoms with Crippen molar-refractivity contribution >= 4 is 28.7 Å². The molecular weight excluding hydrogens is 336 g/mol. The molecule has 3 aromatic heterocycles. The predicted molar refractivity (Wildman–Crippen MR) is 96.6 cm³/mol. The molecule has 0 radical (unpaired) electrons. The highest BCUT2D eigenvalue weighted by atomic mass is 35.5. The number of hydrogen-bond donors (Lipinski definition) is 2. The van der Waals surface area contributed by atoms with Crippen LogP contribution in [0.5, 0.6) is 0 Å². The molecule has 0 unspecified atom stereocenters. The van der Waals surface area contributed by atoms with E-state index in [0.717, 1.165) is 16.8 Å². The second-order valence-electron chi connectivity index (χ2n) is 5.57. The fourth-order valence-electron chi connectivity index (χ4n) is 2.62. The van der Waals surface area contributed by atoms with Gasteiger partial charge >= 0.3 is 0 Å². The Hall–Kier alpha value is -3.18. The number of rotatable bonds is 3. The number of benzene rings is 1. The summed E-state index contributed by atoms with van der Waals surface area (Å²) in [7, 11) is 0. The van der Waals surface area contributed by atoms with Crippen LogP contribution in [0.25, 0.3) is 16.8 Å². The number of aromatic nitrogens is 3. The minimum Gasteiger partial charge on any atom is -0.322 e. The van der Waals surface area contributed by atoms with Gasteiger partial charge in [0.1, 0.15) is 16.4 Å². The minimum absolute atomic E-state index is 0.215. The van der Waals surface area contributed by atoms with Gasteiger partial charge < -0.3 is 5.32 Å². The Morgan fingerprint density at radius 2 is 1.92 bits per heavy atom. The molecule has 25 heavy (non-hydrogen) atoms. The zero-order valence-corrected chi connectivity index (χ0v) is 13.9. The summed E-state index contributed by atoms with van der Waals surface area (Å²) in [5, 5.41) is 6.43. The van der Waals surface area contributed by atoms with Crippen molar-refractivity contribution in [2.24, 2.45) is 0 Å². The first-order valence-corrected chi connectivity index (χ1v) is 8.10. The van der Waals surface area contributed by atoms with E-state index in [1.165, 1.54) is 0 Å². The van der Waals surface area contributed by atoms with E-state index in [4.69, 9.17) is 11.6 Å². The lowest BCUT2D eigenvalue weighted by atomic mass is 10.1. The van der Waals surface area contributed by atoms with Crippen molar-refractivity contribution in [1.82, 2.24) is 10.1 Å². The van der Waals surface area contributed by atoms with Crippen molar-refractivity contribution in [2.45, 2.75) is 0 Å². The number of hydrogen-bond acceptors (Lipinski definition) is 2. The standard InChI is InChI=1S/C19H13ClN4O/c20-18-10-15(8-9-21-18)22-19(25)14-6-7-16-11-17(23-24(16)12-14)13-4-2-1-3-5-13/h1-12H,(H,21,22,25)/p+1. The predicted octanol–water partition coefficient (Wildman–Crippen LogP) is 3.72. The minimum atomic E-state index is -0.215. The molecule has 5 nitrogen and oxygen atoms in total. The van der Waals surface area contributed by atoms with Crippen molar-refractivity contribution in [3.8, 4) is 11.3 Å². The average Bonchev–Trinajstić information content (AvgIpc) is 3.06. The lowest BCUT2D eigenvalue weighted by molar-refractivity contribution is -0.575. The number of halogens is 1. The average molecular weight is 350 g/mol. The SMILES string of the molecule is O=C(Nc1ccnc(Cl)c1)c1ccc2cc(-c3ccccc3)[nH][n+]2c1. The van der Waals surface area contributed by atoms with E-state index in [1.807, 2.05) is 47.0 Å². The van der Waals surface area contributed by atoms with Crippen molar-refractivity contribution in [3.63, 3.8) is 0 Å². The van der Waals surface area contributed by atoms with Crippen molar-refractivity contribution in [1.29, 1.82) is 0 Å². The number of H-pyrrole nitrogens is 1. The van der Waals surface area contributed by atoms with Gasteiger partial charge in [-0.2, -0.15) is 5.10 Å². The van der Waals surface area contributed by atoms with Crippen LogP contribution in [0.3, 0.4) is 0 Å². The van der Waals surface area contributed by atoms with Crippen molar-refractivity contribution in [2.75, 3.05) is 5.32 Å². The van der Waals surface area contributed by atoms with E-state index in [1.54, 1.807) is 30.6 Å². The third-order valence-corrected chi connectivity index (χ3v) is 4.05. The van der Waals surface area contributed by atoms with Gasteiger partial charge in [-0.3, -0.25) is 4.79 Å². The van der Waals surface area contributed by atoms with Gasteiger partial charge in [-0.15, -0.1) is 0 Å². The van der Waals surface area contributed by atoms with Crippen LogP contribution >= 0.6 is 11.6 Å². The first kappa shape index (κ1) is 15.4. The van der Waals surface area contributed by atoms with Gasteiger partial charge in [0.25, 0.3) is 5.91 Å². The Bertz CT molecular complexity index is 1060. The number of fused-ring (bicyclic) bond motifs is 1. The molecule has 0 saturated heterocycles. The molecule has 3 heterocycles. The van der Waals surface area contributed by atoms with Crippen molar-refractivity contribution in [3.05, 3.63) is 83.8 Å². The molecule has 4 rings (SSSR count). The van der Waals surface area contributed by atoms with Crippen LogP contribution in [0.4, 0.5) is 5.69 Å². The van der Waals surface area contributed by atoms with Gasteiger partial charge in [0, 0.05) is 29.6 Å². The van der Waals surface area contributed by atoms with Crippen LogP contribution < -0.4 is 9.83 Å². The number of aromatic amines is 1. The molecule has 0 fully saturated rings. The topological polar surface area (TPSA) is 61.9 Å². The normalized spacial score (nSPS) is 10.8. The van der Waals surface area contributed by atoms with E-state index in [0.29, 0.717) is 16.4 Å². The maximum Gasteiger partial charge on any atom is 0.261 e. The smallest absolute Gasteiger partial charge is 0.261 e. The number of pyridine rings is 2. The number of amides is 1. The maximum absolute atomic E-state index is 12.4. The van der Waals surface area contributed by atoms with Crippen LogP contribution in [-0.2, 0) is 0 Å². The highest BCUT2D eigenvalue weighted by molar-refractivity contribution is 6.29. The fraction of sp³-hybridized carbons (Fsp3) is 0. The number of nitrogens with one attached hydrogen (secondary N) is 2. The van der Waals surface area contributed by atoms with E-state index in [2.05, 4.69) is 15.4 Å². The van der Waals surface area contributed by atoms with Gasteiger partial charge in [-0.1, -0.05) is 46.4 Å². The van der Waals surface area contributed by atoms with Gasteiger partial charge in [0.15, 0.2) is 0 Å². The van der Waals surface area contributed by atoms with Gasteiger partial charge in [0.2, 0.25) is 11.7 Å². The zero-order chi connectivity index (χ0) is 17.2. The van der Waals surface area contributed by atoms with E-state index in [9.17, 15) is 4.79 Å². The molecule has 0 saturated carbocycles. The molecule has 6 heteroatoms. The lowest BCUT2D eigenvalue weighted by Crippen LogP contribution is -2.25. The van der Waals surface area contributed by atoms with E-state index in [-0.39, 0.29) is 5.91 Å². The van der Waals surface area contributed by atoms with Gasteiger partial charge in [0.05, 0.1) is 0 Å². The van der Waals surface area contributed by atoms with E-state index < -0.39 is 0 Å². The highest BCUT2D eigenvalue weighted by Crippen LogP contribution is 2.17. The largest absolute Gasteiger partial charge is 0.322 e. The van der Waals surface area contributed by atoms with Gasteiger partial charge in [-0.25, -0.2) is 4.98 Å². The number of nitrogens with zero attached hydrogens (tertiary/aromatic N) is 2. The Labute approximate surface area is 148 Å². The highest BCUT2D eigenvalue weighted by Gasteiger charge is 2.15.